The predicted octanol–water partition coefficient (Wildman–Crippen LogP) is 4.73. The van der Waals surface area contributed by atoms with E-state index in [0.29, 0.717) is 11.4 Å². The van der Waals surface area contributed by atoms with Crippen LogP contribution in [0, 0.1) is 0 Å². The SMILES string of the molecule is O=C1CCC(c2cccc(Cl)c2)C(c2ccc(Cl)cc2)N1. The van der Waals surface area contributed by atoms with Gasteiger partial charge in [0, 0.05) is 22.4 Å². The Balaban J connectivity index is 1.96. The van der Waals surface area contributed by atoms with Crippen LogP contribution in [-0.4, -0.2) is 5.91 Å². The van der Waals surface area contributed by atoms with Gasteiger partial charge in [0.05, 0.1) is 6.04 Å². The molecule has 0 saturated carbocycles. The van der Waals surface area contributed by atoms with E-state index in [0.717, 1.165) is 22.6 Å². The summed E-state index contributed by atoms with van der Waals surface area (Å²) < 4.78 is 0. The molecule has 1 fully saturated rings. The summed E-state index contributed by atoms with van der Waals surface area (Å²) in [4.78, 5) is 11.8. The molecule has 21 heavy (non-hydrogen) atoms. The summed E-state index contributed by atoms with van der Waals surface area (Å²) >= 11 is 12.1. The average Bonchev–Trinajstić information content (AvgIpc) is 2.48. The van der Waals surface area contributed by atoms with Crippen molar-refractivity contribution in [3.8, 4) is 0 Å². The van der Waals surface area contributed by atoms with Gasteiger partial charge in [0.1, 0.15) is 0 Å². The number of hydrogen-bond donors (Lipinski definition) is 1. The molecule has 0 aromatic heterocycles. The Morgan fingerprint density at radius 1 is 0.952 bits per heavy atom. The molecule has 1 N–H and O–H groups in total. The van der Waals surface area contributed by atoms with Crippen molar-refractivity contribution in [2.24, 2.45) is 0 Å². The zero-order valence-electron chi connectivity index (χ0n) is 11.4. The van der Waals surface area contributed by atoms with Gasteiger partial charge in [-0.15, -0.1) is 0 Å². The van der Waals surface area contributed by atoms with E-state index in [4.69, 9.17) is 23.2 Å². The maximum Gasteiger partial charge on any atom is 0.220 e. The molecule has 0 bridgehead atoms. The number of rotatable bonds is 2. The van der Waals surface area contributed by atoms with Gasteiger partial charge in [-0.3, -0.25) is 4.79 Å². The van der Waals surface area contributed by atoms with Crippen LogP contribution in [0.15, 0.2) is 48.5 Å². The van der Waals surface area contributed by atoms with Crippen LogP contribution in [-0.2, 0) is 4.79 Å². The number of amides is 1. The van der Waals surface area contributed by atoms with Gasteiger partial charge in [0.2, 0.25) is 5.91 Å². The minimum absolute atomic E-state index is 0.0398. The second-order valence-electron chi connectivity index (χ2n) is 5.30. The molecule has 1 heterocycles. The minimum atomic E-state index is -0.0398. The van der Waals surface area contributed by atoms with Gasteiger partial charge >= 0.3 is 0 Å². The molecule has 3 rings (SSSR count). The molecule has 2 aromatic rings. The highest BCUT2D eigenvalue weighted by atomic mass is 35.5. The summed E-state index contributed by atoms with van der Waals surface area (Å²) in [6.07, 6.45) is 1.36. The molecular formula is C17H15Cl2NO. The Morgan fingerprint density at radius 2 is 1.71 bits per heavy atom. The third-order valence-electron chi connectivity index (χ3n) is 3.91. The number of benzene rings is 2. The van der Waals surface area contributed by atoms with E-state index in [1.54, 1.807) is 0 Å². The lowest BCUT2D eigenvalue weighted by atomic mass is 9.81. The summed E-state index contributed by atoms with van der Waals surface area (Å²) in [5.41, 5.74) is 2.22. The Kier molecular flexibility index (Phi) is 4.18. The maximum absolute atomic E-state index is 11.8. The minimum Gasteiger partial charge on any atom is -0.349 e. The van der Waals surface area contributed by atoms with E-state index in [1.165, 1.54) is 0 Å². The molecule has 1 amide bonds. The molecule has 1 aliphatic rings. The smallest absolute Gasteiger partial charge is 0.220 e. The molecule has 2 aromatic carbocycles. The zero-order chi connectivity index (χ0) is 14.8. The molecule has 2 nitrogen and oxygen atoms in total. The van der Waals surface area contributed by atoms with Crippen LogP contribution in [0.5, 0.6) is 0 Å². The lowest BCUT2D eigenvalue weighted by Crippen LogP contribution is -2.37. The lowest BCUT2D eigenvalue weighted by Gasteiger charge is -2.33. The van der Waals surface area contributed by atoms with Crippen LogP contribution in [0.3, 0.4) is 0 Å². The Bertz CT molecular complexity index is 654. The van der Waals surface area contributed by atoms with Gasteiger partial charge in [0.25, 0.3) is 0 Å². The van der Waals surface area contributed by atoms with Gasteiger partial charge in [-0.2, -0.15) is 0 Å². The van der Waals surface area contributed by atoms with Gasteiger partial charge in [-0.1, -0.05) is 47.5 Å². The number of carbonyl (C=O) groups is 1. The Labute approximate surface area is 134 Å². The van der Waals surface area contributed by atoms with Crippen LogP contribution in [0.25, 0.3) is 0 Å². The van der Waals surface area contributed by atoms with Crippen LogP contribution in [0.2, 0.25) is 10.0 Å². The van der Waals surface area contributed by atoms with Crippen molar-refractivity contribution in [1.29, 1.82) is 0 Å². The summed E-state index contributed by atoms with van der Waals surface area (Å²) in [6.45, 7) is 0. The normalized spacial score (nSPS) is 21.9. The van der Waals surface area contributed by atoms with Gasteiger partial charge < -0.3 is 5.32 Å². The van der Waals surface area contributed by atoms with Crippen molar-refractivity contribution in [1.82, 2.24) is 5.32 Å². The molecule has 0 radical (unpaired) electrons. The van der Waals surface area contributed by atoms with Crippen molar-refractivity contribution < 1.29 is 4.79 Å². The highest BCUT2D eigenvalue weighted by Crippen LogP contribution is 2.38. The molecule has 0 spiro atoms. The zero-order valence-corrected chi connectivity index (χ0v) is 12.9. The number of nitrogens with one attached hydrogen (secondary N) is 1. The first-order chi connectivity index (χ1) is 10.1. The first-order valence-corrected chi connectivity index (χ1v) is 7.69. The monoisotopic (exact) mass is 319 g/mol. The molecule has 0 aliphatic carbocycles. The third kappa shape index (κ3) is 3.22. The number of piperidine rings is 1. The Morgan fingerprint density at radius 3 is 2.43 bits per heavy atom. The van der Waals surface area contributed by atoms with Crippen molar-refractivity contribution >= 4 is 29.1 Å². The topological polar surface area (TPSA) is 29.1 Å². The van der Waals surface area contributed by atoms with E-state index in [2.05, 4.69) is 11.4 Å². The summed E-state index contributed by atoms with van der Waals surface area (Å²) in [6, 6.07) is 15.5. The standard InChI is InChI=1S/C17H15Cl2NO/c18-13-6-4-11(5-7-13)17-15(8-9-16(21)20-17)12-2-1-3-14(19)10-12/h1-7,10,15,17H,8-9H2,(H,20,21). The highest BCUT2D eigenvalue weighted by Gasteiger charge is 2.31. The third-order valence-corrected chi connectivity index (χ3v) is 4.39. The molecule has 1 saturated heterocycles. The van der Waals surface area contributed by atoms with E-state index in [9.17, 15) is 4.79 Å². The molecule has 108 valence electrons. The molecule has 4 heteroatoms. The second-order valence-corrected chi connectivity index (χ2v) is 6.17. The number of hydrogen-bond acceptors (Lipinski definition) is 1. The van der Waals surface area contributed by atoms with E-state index in [1.807, 2.05) is 42.5 Å². The fourth-order valence-corrected chi connectivity index (χ4v) is 3.21. The van der Waals surface area contributed by atoms with E-state index < -0.39 is 0 Å². The van der Waals surface area contributed by atoms with Crippen LogP contribution < -0.4 is 5.32 Å². The largest absolute Gasteiger partial charge is 0.349 e. The van der Waals surface area contributed by atoms with Crippen molar-refractivity contribution in [2.45, 2.75) is 24.8 Å². The maximum atomic E-state index is 11.8. The van der Waals surface area contributed by atoms with Crippen LogP contribution in [0.1, 0.15) is 35.9 Å². The lowest BCUT2D eigenvalue weighted by molar-refractivity contribution is -0.123. The van der Waals surface area contributed by atoms with Crippen molar-refractivity contribution in [2.75, 3.05) is 0 Å². The molecule has 2 unspecified atom stereocenters. The predicted molar refractivity (Wildman–Crippen MR) is 85.8 cm³/mol. The fourth-order valence-electron chi connectivity index (χ4n) is 2.88. The first kappa shape index (κ1) is 14.4. The summed E-state index contributed by atoms with van der Waals surface area (Å²) in [5, 5.41) is 4.51. The highest BCUT2D eigenvalue weighted by molar-refractivity contribution is 6.30. The summed E-state index contributed by atoms with van der Waals surface area (Å²) in [7, 11) is 0. The fraction of sp³-hybridized carbons (Fsp3) is 0.235. The molecular weight excluding hydrogens is 305 g/mol. The quantitative estimate of drug-likeness (QED) is 0.852. The molecule has 1 aliphatic heterocycles. The van der Waals surface area contributed by atoms with Crippen molar-refractivity contribution in [3.63, 3.8) is 0 Å². The van der Waals surface area contributed by atoms with Crippen LogP contribution >= 0.6 is 23.2 Å². The van der Waals surface area contributed by atoms with E-state index in [-0.39, 0.29) is 17.9 Å². The second kappa shape index (κ2) is 6.08. The Hall–Kier alpha value is -1.51. The first-order valence-electron chi connectivity index (χ1n) is 6.94. The number of halogens is 2. The average molecular weight is 320 g/mol. The van der Waals surface area contributed by atoms with Gasteiger partial charge in [-0.05, 0) is 41.8 Å². The van der Waals surface area contributed by atoms with Crippen molar-refractivity contribution in [3.05, 3.63) is 69.7 Å². The van der Waals surface area contributed by atoms with Crippen LogP contribution in [0.4, 0.5) is 0 Å². The summed E-state index contributed by atoms with van der Waals surface area (Å²) in [5.74, 6) is 0.316. The molecule has 2 atom stereocenters. The van der Waals surface area contributed by atoms with Gasteiger partial charge in [-0.25, -0.2) is 0 Å². The van der Waals surface area contributed by atoms with E-state index >= 15 is 0 Å². The van der Waals surface area contributed by atoms with Gasteiger partial charge in [0.15, 0.2) is 0 Å². The number of carbonyl (C=O) groups excluding carboxylic acids is 1.